The summed E-state index contributed by atoms with van der Waals surface area (Å²) >= 11 is 0. The zero-order chi connectivity index (χ0) is 11.4. The van der Waals surface area contributed by atoms with Gasteiger partial charge in [0, 0.05) is 19.6 Å². The molecule has 0 aromatic carbocycles. The van der Waals surface area contributed by atoms with Gasteiger partial charge in [0.2, 0.25) is 0 Å². The van der Waals surface area contributed by atoms with E-state index in [1.165, 1.54) is 19.4 Å². The van der Waals surface area contributed by atoms with Crippen LogP contribution in [-0.4, -0.2) is 31.6 Å². The first-order valence-electron chi connectivity index (χ1n) is 6.21. The lowest BCUT2D eigenvalue weighted by Gasteiger charge is -2.18. The largest absolute Gasteiger partial charge is 0.468 e. The number of furan rings is 1. The van der Waals surface area contributed by atoms with Crippen LogP contribution < -0.4 is 5.32 Å². The number of nitrogens with zero attached hydrogens (tertiary/aromatic N) is 1. The summed E-state index contributed by atoms with van der Waals surface area (Å²) in [7, 11) is 2.21. The maximum Gasteiger partial charge on any atom is 0.120 e. The first-order valence-corrected chi connectivity index (χ1v) is 6.21. The molecule has 1 fully saturated rings. The van der Waals surface area contributed by atoms with Gasteiger partial charge in [-0.25, -0.2) is 0 Å². The highest BCUT2D eigenvalue weighted by molar-refractivity contribution is 5.02. The van der Waals surface area contributed by atoms with Gasteiger partial charge in [-0.15, -0.1) is 0 Å². The van der Waals surface area contributed by atoms with Gasteiger partial charge in [0.05, 0.1) is 12.3 Å². The van der Waals surface area contributed by atoms with Crippen molar-refractivity contribution in [3.63, 3.8) is 0 Å². The quantitative estimate of drug-likeness (QED) is 0.767. The molecule has 1 N–H and O–H groups in total. The third-order valence-corrected chi connectivity index (χ3v) is 3.18. The Morgan fingerprint density at radius 2 is 2.38 bits per heavy atom. The molecule has 1 unspecified atom stereocenters. The Kier molecular flexibility index (Phi) is 4.02. The normalized spacial score (nSPS) is 17.9. The van der Waals surface area contributed by atoms with Crippen molar-refractivity contribution in [2.75, 3.05) is 26.7 Å². The predicted molar refractivity (Wildman–Crippen MR) is 65.3 cm³/mol. The Morgan fingerprint density at radius 3 is 3.00 bits per heavy atom. The lowest BCUT2D eigenvalue weighted by Crippen LogP contribution is -2.31. The monoisotopic (exact) mass is 222 g/mol. The van der Waals surface area contributed by atoms with Crippen molar-refractivity contribution >= 4 is 0 Å². The third-order valence-electron chi connectivity index (χ3n) is 3.18. The van der Waals surface area contributed by atoms with Crippen molar-refractivity contribution in [1.29, 1.82) is 0 Å². The number of rotatable bonds is 7. The molecule has 1 heterocycles. The van der Waals surface area contributed by atoms with Gasteiger partial charge in [-0.3, -0.25) is 0 Å². The molecule has 0 amide bonds. The Balaban J connectivity index is 1.59. The van der Waals surface area contributed by atoms with Gasteiger partial charge in [-0.2, -0.15) is 0 Å². The molecule has 1 aliphatic rings. The Morgan fingerprint density at radius 1 is 1.56 bits per heavy atom. The molecule has 1 atom stereocenters. The van der Waals surface area contributed by atoms with E-state index in [1.807, 2.05) is 12.1 Å². The minimum atomic E-state index is 0.310. The van der Waals surface area contributed by atoms with Gasteiger partial charge in [0.1, 0.15) is 5.76 Å². The molecular formula is C13H22N2O. The van der Waals surface area contributed by atoms with E-state index in [0.29, 0.717) is 6.04 Å². The molecule has 0 aliphatic heterocycles. The zero-order valence-electron chi connectivity index (χ0n) is 10.3. The summed E-state index contributed by atoms with van der Waals surface area (Å²) in [5.74, 6) is 2.00. The van der Waals surface area contributed by atoms with E-state index >= 15 is 0 Å². The first-order chi connectivity index (χ1) is 7.75. The highest BCUT2D eigenvalue weighted by Crippen LogP contribution is 2.29. The van der Waals surface area contributed by atoms with Crippen molar-refractivity contribution in [2.45, 2.75) is 25.8 Å². The van der Waals surface area contributed by atoms with Crippen molar-refractivity contribution in [3.05, 3.63) is 24.2 Å². The minimum Gasteiger partial charge on any atom is -0.468 e. The van der Waals surface area contributed by atoms with Gasteiger partial charge in [0.15, 0.2) is 0 Å². The molecule has 1 aromatic rings. The fraction of sp³-hybridized carbons (Fsp3) is 0.692. The van der Waals surface area contributed by atoms with Crippen molar-refractivity contribution in [2.24, 2.45) is 5.92 Å². The van der Waals surface area contributed by atoms with Crippen LogP contribution in [0.25, 0.3) is 0 Å². The summed E-state index contributed by atoms with van der Waals surface area (Å²) in [5.41, 5.74) is 0. The molecule has 16 heavy (non-hydrogen) atoms. The maximum absolute atomic E-state index is 5.35. The summed E-state index contributed by atoms with van der Waals surface area (Å²) in [6, 6.07) is 4.27. The number of nitrogens with one attached hydrogen (secondary N) is 1. The molecule has 3 nitrogen and oxygen atoms in total. The third kappa shape index (κ3) is 3.65. The number of hydrogen-bond acceptors (Lipinski definition) is 3. The zero-order valence-corrected chi connectivity index (χ0v) is 10.3. The van der Waals surface area contributed by atoms with Crippen LogP contribution in [0.2, 0.25) is 0 Å². The van der Waals surface area contributed by atoms with Crippen LogP contribution in [0.1, 0.15) is 31.6 Å². The van der Waals surface area contributed by atoms with E-state index in [1.54, 1.807) is 6.26 Å². The topological polar surface area (TPSA) is 28.4 Å². The molecule has 1 saturated carbocycles. The predicted octanol–water partition coefficient (Wildman–Crippen LogP) is 2.27. The van der Waals surface area contributed by atoms with Gasteiger partial charge < -0.3 is 14.6 Å². The molecule has 0 radical (unpaired) electrons. The summed E-state index contributed by atoms with van der Waals surface area (Å²) in [6.45, 7) is 5.53. The summed E-state index contributed by atoms with van der Waals surface area (Å²) in [4.78, 5) is 2.42. The Hall–Kier alpha value is -0.800. The maximum atomic E-state index is 5.35. The van der Waals surface area contributed by atoms with Crippen LogP contribution in [0.15, 0.2) is 22.8 Å². The first kappa shape index (κ1) is 11.7. The smallest absolute Gasteiger partial charge is 0.120 e. The second-order valence-electron chi connectivity index (χ2n) is 4.90. The lowest BCUT2D eigenvalue weighted by molar-refractivity contribution is 0.308. The van der Waals surface area contributed by atoms with Crippen LogP contribution in [0.3, 0.4) is 0 Å². The van der Waals surface area contributed by atoms with E-state index in [2.05, 4.69) is 24.2 Å². The Labute approximate surface area is 97.8 Å². The molecule has 3 heteroatoms. The van der Waals surface area contributed by atoms with E-state index in [4.69, 9.17) is 4.42 Å². The molecule has 90 valence electrons. The van der Waals surface area contributed by atoms with Gasteiger partial charge in [-0.1, -0.05) is 0 Å². The summed E-state index contributed by atoms with van der Waals surface area (Å²) in [5, 5.41) is 3.47. The van der Waals surface area contributed by atoms with Crippen LogP contribution in [0, 0.1) is 5.92 Å². The van der Waals surface area contributed by atoms with Crippen LogP contribution in [0.4, 0.5) is 0 Å². The van der Waals surface area contributed by atoms with Crippen LogP contribution in [0.5, 0.6) is 0 Å². The van der Waals surface area contributed by atoms with E-state index in [-0.39, 0.29) is 0 Å². The molecule has 0 bridgehead atoms. The van der Waals surface area contributed by atoms with Crippen molar-refractivity contribution in [1.82, 2.24) is 10.2 Å². The van der Waals surface area contributed by atoms with Crippen molar-refractivity contribution < 1.29 is 4.42 Å². The lowest BCUT2D eigenvalue weighted by atomic mass is 10.2. The number of hydrogen-bond donors (Lipinski definition) is 1. The average molecular weight is 222 g/mol. The van der Waals surface area contributed by atoms with Crippen LogP contribution >= 0.6 is 0 Å². The highest BCUT2D eigenvalue weighted by atomic mass is 16.3. The van der Waals surface area contributed by atoms with Gasteiger partial charge in [0.25, 0.3) is 0 Å². The average Bonchev–Trinajstić information content (AvgIpc) is 2.90. The second kappa shape index (κ2) is 5.51. The van der Waals surface area contributed by atoms with Gasteiger partial charge >= 0.3 is 0 Å². The van der Waals surface area contributed by atoms with Crippen LogP contribution in [-0.2, 0) is 0 Å². The molecule has 1 aromatic heterocycles. The van der Waals surface area contributed by atoms with E-state index in [9.17, 15) is 0 Å². The fourth-order valence-electron chi connectivity index (χ4n) is 1.94. The highest BCUT2D eigenvalue weighted by Gasteiger charge is 2.22. The summed E-state index contributed by atoms with van der Waals surface area (Å²) in [6.07, 6.45) is 4.59. The second-order valence-corrected chi connectivity index (χ2v) is 4.90. The van der Waals surface area contributed by atoms with Gasteiger partial charge in [-0.05, 0) is 44.9 Å². The van der Waals surface area contributed by atoms with E-state index < -0.39 is 0 Å². The molecular weight excluding hydrogens is 200 g/mol. The Bertz CT molecular complexity index is 293. The molecule has 0 spiro atoms. The summed E-state index contributed by atoms with van der Waals surface area (Å²) < 4.78 is 5.35. The standard InChI is InChI=1S/C13H22N2O/c1-11(13-4-3-9-16-13)14-7-8-15(2)10-12-5-6-12/h3-4,9,11-12,14H,5-8,10H2,1-2H3. The van der Waals surface area contributed by atoms with Crippen molar-refractivity contribution in [3.8, 4) is 0 Å². The molecule has 1 aliphatic carbocycles. The SMILES string of the molecule is CC(NCCN(C)CC1CC1)c1ccco1. The fourth-order valence-corrected chi connectivity index (χ4v) is 1.94. The number of likely N-dealkylation sites (N-methyl/N-ethyl adjacent to an activating group) is 1. The minimum absolute atomic E-state index is 0.310. The molecule has 2 rings (SSSR count). The molecule has 0 saturated heterocycles. The van der Waals surface area contributed by atoms with E-state index in [0.717, 1.165) is 24.8 Å².